The van der Waals surface area contributed by atoms with E-state index in [4.69, 9.17) is 27.9 Å². The van der Waals surface area contributed by atoms with Crippen molar-refractivity contribution in [3.8, 4) is 0 Å². The van der Waals surface area contributed by atoms with Crippen LogP contribution in [0.3, 0.4) is 0 Å². The molecule has 3 aromatic rings. The minimum atomic E-state index is -0.369. The normalized spacial score (nSPS) is 22.5. The molecule has 0 radical (unpaired) electrons. The highest BCUT2D eigenvalue weighted by atomic mass is 35.5. The van der Waals surface area contributed by atoms with Crippen LogP contribution in [0, 0.1) is 0 Å². The molecular formula is C20H17Cl2N3O3S. The third-order valence-electron chi connectivity index (χ3n) is 5.50. The Morgan fingerprint density at radius 1 is 1.31 bits per heavy atom. The summed E-state index contributed by atoms with van der Waals surface area (Å²) in [5.74, 6) is -0.306. The van der Waals surface area contributed by atoms with Crippen molar-refractivity contribution >= 4 is 56.6 Å². The quantitative estimate of drug-likeness (QED) is 0.594. The van der Waals surface area contributed by atoms with Gasteiger partial charge in [-0.05, 0) is 23.6 Å². The first kappa shape index (κ1) is 18.9. The molecule has 1 fully saturated rings. The van der Waals surface area contributed by atoms with Crippen molar-refractivity contribution < 1.29 is 14.3 Å². The lowest BCUT2D eigenvalue weighted by Crippen LogP contribution is -2.46. The van der Waals surface area contributed by atoms with Gasteiger partial charge in [-0.15, -0.1) is 11.3 Å². The maximum Gasteiger partial charge on any atom is 0.268 e. The fourth-order valence-corrected chi connectivity index (χ4v) is 5.51. The van der Waals surface area contributed by atoms with Crippen molar-refractivity contribution in [2.45, 2.75) is 24.6 Å². The molecular weight excluding hydrogens is 433 g/mol. The van der Waals surface area contributed by atoms with Crippen LogP contribution in [0.4, 0.5) is 0 Å². The van der Waals surface area contributed by atoms with Crippen molar-refractivity contribution in [1.82, 2.24) is 15.2 Å². The second-order valence-electron chi connectivity index (χ2n) is 7.31. The van der Waals surface area contributed by atoms with Crippen LogP contribution >= 0.6 is 34.5 Å². The van der Waals surface area contributed by atoms with Gasteiger partial charge in [-0.3, -0.25) is 9.59 Å². The molecule has 29 heavy (non-hydrogen) atoms. The minimum absolute atomic E-state index is 0.0623. The van der Waals surface area contributed by atoms with E-state index < -0.39 is 0 Å². The molecule has 3 atom stereocenters. The van der Waals surface area contributed by atoms with E-state index in [-0.39, 0.29) is 30.0 Å². The summed E-state index contributed by atoms with van der Waals surface area (Å²) < 4.78 is 6.49. The molecule has 2 aliphatic rings. The number of amides is 2. The highest BCUT2D eigenvalue weighted by Crippen LogP contribution is 2.39. The van der Waals surface area contributed by atoms with Crippen molar-refractivity contribution in [2.24, 2.45) is 0 Å². The van der Waals surface area contributed by atoms with Crippen LogP contribution < -0.4 is 5.32 Å². The number of nitrogens with one attached hydrogen (secondary N) is 2. The maximum atomic E-state index is 13.0. The Morgan fingerprint density at radius 3 is 2.79 bits per heavy atom. The number of benzene rings is 1. The number of thiophene rings is 1. The molecule has 1 aromatic carbocycles. The summed E-state index contributed by atoms with van der Waals surface area (Å²) in [6.45, 7) is 0.455. The maximum absolute atomic E-state index is 13.0. The molecule has 0 spiro atoms. The van der Waals surface area contributed by atoms with Gasteiger partial charge in [0.05, 0.1) is 33.9 Å². The molecule has 5 rings (SSSR count). The van der Waals surface area contributed by atoms with E-state index in [1.165, 1.54) is 11.3 Å². The van der Waals surface area contributed by atoms with Crippen LogP contribution in [-0.4, -0.2) is 47.5 Å². The highest BCUT2D eigenvalue weighted by molar-refractivity contribution is 7.23. The molecule has 3 heterocycles. The molecule has 6 nitrogen and oxygen atoms in total. The van der Waals surface area contributed by atoms with Crippen LogP contribution in [0.5, 0.6) is 0 Å². The van der Waals surface area contributed by atoms with E-state index in [1.54, 1.807) is 18.0 Å². The molecule has 150 valence electrons. The summed E-state index contributed by atoms with van der Waals surface area (Å²) in [6, 6.07) is 9.22. The van der Waals surface area contributed by atoms with E-state index in [9.17, 15) is 9.59 Å². The summed E-state index contributed by atoms with van der Waals surface area (Å²) in [5.41, 5.74) is 3.26. The standard InChI is InChI=1S/C20H17Cl2N3O3S/c1-25(20(27)13-8-28-13)17-10-5-3-2-4-9(10)6-11(17)24-19(26)12-7-14-16(23-12)15(21)18(22)29-14/h2-5,7,11,13,17,23H,6,8H2,1H3,(H,24,26)/t11-,13+,17+/m1/s1. The number of fused-ring (bicyclic) bond motifs is 2. The summed E-state index contributed by atoms with van der Waals surface area (Å²) in [4.78, 5) is 30.3. The smallest absolute Gasteiger partial charge is 0.268 e. The van der Waals surface area contributed by atoms with Gasteiger partial charge in [0.2, 0.25) is 0 Å². The topological polar surface area (TPSA) is 77.7 Å². The number of nitrogens with zero attached hydrogens (tertiary/aromatic N) is 1. The Hall–Kier alpha value is -2.06. The molecule has 2 aromatic heterocycles. The number of hydrogen-bond acceptors (Lipinski definition) is 4. The zero-order valence-corrected chi connectivity index (χ0v) is 17.7. The zero-order chi connectivity index (χ0) is 20.3. The fourth-order valence-electron chi connectivity index (χ4n) is 4.02. The monoisotopic (exact) mass is 449 g/mol. The number of epoxide rings is 1. The molecule has 0 bridgehead atoms. The van der Waals surface area contributed by atoms with Gasteiger partial charge in [0.1, 0.15) is 10.0 Å². The van der Waals surface area contributed by atoms with Gasteiger partial charge in [-0.2, -0.15) is 0 Å². The van der Waals surface area contributed by atoms with E-state index >= 15 is 0 Å². The SMILES string of the molecule is CN(C(=O)[C@@H]1CO1)[C@H]1c2ccccc2C[C@H]1NC(=O)c1cc2sc(Cl)c(Cl)c2[nH]1. The Morgan fingerprint density at radius 2 is 2.07 bits per heavy atom. The van der Waals surface area contributed by atoms with E-state index in [0.717, 1.165) is 15.8 Å². The van der Waals surface area contributed by atoms with Crippen LogP contribution in [0.1, 0.15) is 27.7 Å². The van der Waals surface area contributed by atoms with Crippen molar-refractivity contribution in [3.05, 3.63) is 56.5 Å². The van der Waals surface area contributed by atoms with E-state index in [2.05, 4.69) is 10.3 Å². The summed E-state index contributed by atoms with van der Waals surface area (Å²) in [7, 11) is 1.77. The second kappa shape index (κ2) is 7.02. The Bertz CT molecular complexity index is 1140. The molecule has 9 heteroatoms. The van der Waals surface area contributed by atoms with Gasteiger partial charge in [-0.25, -0.2) is 0 Å². The number of aromatic nitrogens is 1. The molecule has 1 saturated heterocycles. The molecule has 1 aliphatic heterocycles. The van der Waals surface area contributed by atoms with Gasteiger partial charge in [0, 0.05) is 7.05 Å². The third kappa shape index (κ3) is 3.22. The predicted octanol–water partition coefficient (Wildman–Crippen LogP) is 3.79. The lowest BCUT2D eigenvalue weighted by atomic mass is 10.0. The fraction of sp³-hybridized carbons (Fsp3) is 0.300. The predicted molar refractivity (Wildman–Crippen MR) is 113 cm³/mol. The van der Waals surface area contributed by atoms with Crippen LogP contribution in [0.25, 0.3) is 10.2 Å². The molecule has 0 saturated carbocycles. The van der Waals surface area contributed by atoms with Gasteiger partial charge < -0.3 is 19.9 Å². The Labute approximate surface area is 180 Å². The molecule has 2 N–H and O–H groups in total. The average molecular weight is 450 g/mol. The van der Waals surface area contributed by atoms with Gasteiger partial charge >= 0.3 is 0 Å². The third-order valence-corrected chi connectivity index (χ3v) is 7.43. The number of aromatic amines is 1. The number of halogens is 2. The summed E-state index contributed by atoms with van der Waals surface area (Å²) in [5, 5.41) is 3.52. The van der Waals surface area contributed by atoms with Gasteiger partial charge in [0.25, 0.3) is 11.8 Å². The number of ether oxygens (including phenoxy) is 1. The summed E-state index contributed by atoms with van der Waals surface area (Å²) >= 11 is 13.6. The van der Waals surface area contributed by atoms with Gasteiger partial charge in [-0.1, -0.05) is 47.5 Å². The Kier molecular flexibility index (Phi) is 4.58. The number of carbonyl (C=O) groups is 2. The van der Waals surface area contributed by atoms with E-state index in [1.807, 2.05) is 24.3 Å². The number of H-pyrrole nitrogens is 1. The first-order valence-corrected chi connectivity index (χ1v) is 10.7. The second-order valence-corrected chi connectivity index (χ2v) is 9.34. The van der Waals surface area contributed by atoms with Crippen molar-refractivity contribution in [3.63, 3.8) is 0 Å². The molecule has 2 amide bonds. The summed E-state index contributed by atoms with van der Waals surface area (Å²) in [6.07, 6.45) is 0.281. The molecule has 0 unspecified atom stereocenters. The molecule has 1 aliphatic carbocycles. The Balaban J connectivity index is 1.42. The lowest BCUT2D eigenvalue weighted by Gasteiger charge is -2.30. The van der Waals surface area contributed by atoms with Crippen LogP contribution in [0.2, 0.25) is 9.36 Å². The van der Waals surface area contributed by atoms with Gasteiger partial charge in [0.15, 0.2) is 6.10 Å². The number of hydrogen-bond donors (Lipinski definition) is 2. The number of likely N-dealkylation sites (N-methyl/N-ethyl adjacent to an activating group) is 1. The number of rotatable bonds is 4. The van der Waals surface area contributed by atoms with Crippen LogP contribution in [0.15, 0.2) is 30.3 Å². The first-order chi connectivity index (χ1) is 13.9. The van der Waals surface area contributed by atoms with E-state index in [0.29, 0.717) is 33.6 Å². The average Bonchev–Trinajstić information content (AvgIpc) is 3.29. The van der Waals surface area contributed by atoms with Crippen molar-refractivity contribution in [2.75, 3.05) is 13.7 Å². The minimum Gasteiger partial charge on any atom is -0.363 e. The highest BCUT2D eigenvalue weighted by Gasteiger charge is 2.42. The first-order valence-electron chi connectivity index (χ1n) is 9.17. The lowest BCUT2D eigenvalue weighted by molar-refractivity contribution is -0.133. The largest absolute Gasteiger partial charge is 0.363 e. The van der Waals surface area contributed by atoms with Crippen molar-refractivity contribution in [1.29, 1.82) is 0 Å². The zero-order valence-electron chi connectivity index (χ0n) is 15.4. The van der Waals surface area contributed by atoms with Crippen LogP contribution in [-0.2, 0) is 16.0 Å². The number of carbonyl (C=O) groups excluding carboxylic acids is 2.